The van der Waals surface area contributed by atoms with Crippen molar-refractivity contribution in [2.75, 3.05) is 12.0 Å². The highest BCUT2D eigenvalue weighted by molar-refractivity contribution is 7.84. The lowest BCUT2D eigenvalue weighted by Gasteiger charge is -2.23. The van der Waals surface area contributed by atoms with E-state index in [1.165, 1.54) is 19.3 Å². The van der Waals surface area contributed by atoms with Gasteiger partial charge in [-0.25, -0.2) is 0 Å². The summed E-state index contributed by atoms with van der Waals surface area (Å²) in [7, 11) is -0.544. The SMILES string of the molecule is CS(=O)CC1CCC1. The lowest BCUT2D eigenvalue weighted by atomic mass is 9.87. The molecular formula is C6H12OS. The normalized spacial score (nSPS) is 24.6. The molecule has 1 atom stereocenters. The second-order valence-corrected chi connectivity index (χ2v) is 4.02. The summed E-state index contributed by atoms with van der Waals surface area (Å²) >= 11 is 0. The Balaban J connectivity index is 2.09. The van der Waals surface area contributed by atoms with Crippen molar-refractivity contribution in [3.63, 3.8) is 0 Å². The monoisotopic (exact) mass is 132 g/mol. The van der Waals surface area contributed by atoms with Gasteiger partial charge in [-0.05, 0) is 18.8 Å². The van der Waals surface area contributed by atoms with Gasteiger partial charge in [0.2, 0.25) is 0 Å². The van der Waals surface area contributed by atoms with E-state index < -0.39 is 10.8 Å². The van der Waals surface area contributed by atoms with Gasteiger partial charge < -0.3 is 0 Å². The average Bonchev–Trinajstić information content (AvgIpc) is 1.55. The largest absolute Gasteiger partial charge is 0.260 e. The molecule has 1 rings (SSSR count). The molecule has 1 aliphatic carbocycles. The Hall–Kier alpha value is 0.150. The van der Waals surface area contributed by atoms with E-state index in [4.69, 9.17) is 0 Å². The zero-order valence-electron chi connectivity index (χ0n) is 5.22. The summed E-state index contributed by atoms with van der Waals surface area (Å²) in [4.78, 5) is 0. The molecule has 0 aromatic carbocycles. The van der Waals surface area contributed by atoms with Crippen LogP contribution in [0.5, 0.6) is 0 Å². The first-order valence-corrected chi connectivity index (χ1v) is 4.82. The predicted octanol–water partition coefficient (Wildman–Crippen LogP) is 1.17. The van der Waals surface area contributed by atoms with Crippen LogP contribution < -0.4 is 0 Å². The highest BCUT2D eigenvalue weighted by Crippen LogP contribution is 2.26. The maximum absolute atomic E-state index is 10.6. The molecule has 0 saturated heterocycles. The fraction of sp³-hybridized carbons (Fsp3) is 1.00. The first kappa shape index (κ1) is 6.27. The van der Waals surface area contributed by atoms with E-state index in [2.05, 4.69) is 0 Å². The van der Waals surface area contributed by atoms with Crippen molar-refractivity contribution in [1.29, 1.82) is 0 Å². The molecule has 1 fully saturated rings. The molecule has 0 amide bonds. The van der Waals surface area contributed by atoms with E-state index in [1.54, 1.807) is 6.26 Å². The topological polar surface area (TPSA) is 17.1 Å². The maximum Gasteiger partial charge on any atom is 0.0260 e. The quantitative estimate of drug-likeness (QED) is 0.551. The molecule has 0 N–H and O–H groups in total. The van der Waals surface area contributed by atoms with E-state index in [9.17, 15) is 4.21 Å². The predicted molar refractivity (Wildman–Crippen MR) is 36.3 cm³/mol. The molecule has 0 radical (unpaired) electrons. The van der Waals surface area contributed by atoms with Crippen molar-refractivity contribution < 1.29 is 4.21 Å². The summed E-state index contributed by atoms with van der Waals surface area (Å²) in [6.07, 6.45) is 5.79. The van der Waals surface area contributed by atoms with Gasteiger partial charge in [-0.2, -0.15) is 0 Å². The summed E-state index contributed by atoms with van der Waals surface area (Å²) in [5.41, 5.74) is 0. The molecule has 0 aromatic rings. The van der Waals surface area contributed by atoms with Gasteiger partial charge in [0.05, 0.1) is 0 Å². The molecule has 0 aromatic heterocycles. The van der Waals surface area contributed by atoms with Crippen LogP contribution in [0, 0.1) is 5.92 Å². The Morgan fingerprint density at radius 1 is 1.62 bits per heavy atom. The molecule has 1 saturated carbocycles. The molecule has 1 nitrogen and oxygen atoms in total. The lowest BCUT2D eigenvalue weighted by Crippen LogP contribution is -2.17. The third-order valence-electron chi connectivity index (χ3n) is 1.70. The van der Waals surface area contributed by atoms with Crippen molar-refractivity contribution in [3.8, 4) is 0 Å². The van der Waals surface area contributed by atoms with Gasteiger partial charge in [-0.15, -0.1) is 0 Å². The minimum Gasteiger partial charge on any atom is -0.260 e. The second kappa shape index (κ2) is 2.62. The van der Waals surface area contributed by atoms with E-state index in [0.717, 1.165) is 11.7 Å². The minimum absolute atomic E-state index is 0.544. The van der Waals surface area contributed by atoms with E-state index in [0.29, 0.717) is 0 Å². The second-order valence-electron chi connectivity index (χ2n) is 2.54. The molecule has 48 valence electrons. The standard InChI is InChI=1S/C6H12OS/c1-8(7)5-6-3-2-4-6/h6H,2-5H2,1H3. The molecule has 8 heavy (non-hydrogen) atoms. The smallest absolute Gasteiger partial charge is 0.0260 e. The fourth-order valence-electron chi connectivity index (χ4n) is 0.991. The van der Waals surface area contributed by atoms with Crippen molar-refractivity contribution in [2.45, 2.75) is 19.3 Å². The fourth-order valence-corrected chi connectivity index (χ4v) is 1.99. The molecule has 2 heteroatoms. The number of hydrogen-bond acceptors (Lipinski definition) is 1. The maximum atomic E-state index is 10.6. The van der Waals surface area contributed by atoms with Gasteiger partial charge in [-0.1, -0.05) is 6.42 Å². The third-order valence-corrected chi connectivity index (χ3v) is 2.64. The van der Waals surface area contributed by atoms with E-state index in [-0.39, 0.29) is 0 Å². The van der Waals surface area contributed by atoms with Crippen molar-refractivity contribution in [2.24, 2.45) is 5.92 Å². The van der Waals surface area contributed by atoms with Crippen LogP contribution in [0.3, 0.4) is 0 Å². The van der Waals surface area contributed by atoms with Crippen molar-refractivity contribution in [3.05, 3.63) is 0 Å². The molecule has 0 heterocycles. The molecular weight excluding hydrogens is 120 g/mol. The van der Waals surface area contributed by atoms with Gasteiger partial charge in [-0.3, -0.25) is 4.21 Å². The Labute approximate surface area is 52.9 Å². The Bertz CT molecular complexity index is 96.7. The Morgan fingerprint density at radius 3 is 2.38 bits per heavy atom. The Kier molecular flexibility index (Phi) is 2.06. The van der Waals surface area contributed by atoms with Crippen LogP contribution in [0.4, 0.5) is 0 Å². The van der Waals surface area contributed by atoms with Crippen molar-refractivity contribution in [1.82, 2.24) is 0 Å². The summed E-state index contributed by atoms with van der Waals surface area (Å²) in [6, 6.07) is 0. The van der Waals surface area contributed by atoms with Gasteiger partial charge in [0, 0.05) is 22.8 Å². The highest BCUT2D eigenvalue weighted by Gasteiger charge is 2.17. The van der Waals surface area contributed by atoms with Gasteiger partial charge in [0.25, 0.3) is 0 Å². The van der Waals surface area contributed by atoms with E-state index in [1.807, 2.05) is 0 Å². The molecule has 0 spiro atoms. The zero-order chi connectivity index (χ0) is 5.98. The Morgan fingerprint density at radius 2 is 2.25 bits per heavy atom. The lowest BCUT2D eigenvalue weighted by molar-refractivity contribution is 0.351. The van der Waals surface area contributed by atoms with E-state index >= 15 is 0 Å². The van der Waals surface area contributed by atoms with Crippen LogP contribution in [0.1, 0.15) is 19.3 Å². The van der Waals surface area contributed by atoms with Crippen molar-refractivity contribution >= 4 is 10.8 Å². The molecule has 1 unspecified atom stereocenters. The van der Waals surface area contributed by atoms with Crippen LogP contribution in [-0.2, 0) is 10.8 Å². The first-order valence-electron chi connectivity index (χ1n) is 3.09. The highest BCUT2D eigenvalue weighted by atomic mass is 32.2. The van der Waals surface area contributed by atoms with Gasteiger partial charge >= 0.3 is 0 Å². The van der Waals surface area contributed by atoms with Crippen LogP contribution in [-0.4, -0.2) is 16.2 Å². The molecule has 1 aliphatic rings. The zero-order valence-corrected chi connectivity index (χ0v) is 6.04. The summed E-state index contributed by atoms with van der Waals surface area (Å²) in [6.45, 7) is 0. The molecule has 0 aliphatic heterocycles. The van der Waals surface area contributed by atoms with Gasteiger partial charge in [0.1, 0.15) is 0 Å². The van der Waals surface area contributed by atoms with Crippen LogP contribution in [0.25, 0.3) is 0 Å². The number of rotatable bonds is 2. The van der Waals surface area contributed by atoms with Crippen LogP contribution in [0.2, 0.25) is 0 Å². The third kappa shape index (κ3) is 1.58. The first-order chi connectivity index (χ1) is 3.79. The number of hydrogen-bond donors (Lipinski definition) is 0. The van der Waals surface area contributed by atoms with Crippen LogP contribution >= 0.6 is 0 Å². The summed E-state index contributed by atoms with van der Waals surface area (Å²) in [5.74, 6) is 1.75. The summed E-state index contributed by atoms with van der Waals surface area (Å²) in [5, 5.41) is 0. The van der Waals surface area contributed by atoms with Crippen LogP contribution in [0.15, 0.2) is 0 Å². The summed E-state index contributed by atoms with van der Waals surface area (Å²) < 4.78 is 10.6. The van der Waals surface area contributed by atoms with Gasteiger partial charge in [0.15, 0.2) is 0 Å². The minimum atomic E-state index is -0.544. The average molecular weight is 132 g/mol. The molecule has 0 bridgehead atoms.